The van der Waals surface area contributed by atoms with Gasteiger partial charge in [0.25, 0.3) is 0 Å². The molecule has 0 atom stereocenters. The Morgan fingerprint density at radius 3 is 2.74 bits per heavy atom. The van der Waals surface area contributed by atoms with Crippen LogP contribution in [0.1, 0.15) is 23.9 Å². The molecular formula is C20H20FN3O2S. The molecule has 0 fully saturated rings. The molecule has 1 aromatic heterocycles. The first-order valence-corrected chi connectivity index (χ1v) is 9.77. The van der Waals surface area contributed by atoms with Gasteiger partial charge in [0.15, 0.2) is 0 Å². The Kier molecular flexibility index (Phi) is 6.24. The fourth-order valence-corrected chi connectivity index (χ4v) is 3.29. The fourth-order valence-electron chi connectivity index (χ4n) is 2.64. The first-order valence-electron chi connectivity index (χ1n) is 8.61. The number of hydrogen-bond donors (Lipinski definition) is 1. The minimum atomic E-state index is -0.316. The highest BCUT2D eigenvalue weighted by atomic mass is 32.2. The first kappa shape index (κ1) is 19.1. The second-order valence-corrected chi connectivity index (χ2v) is 7.01. The topological polar surface area (TPSA) is 68.0 Å². The molecule has 0 bridgehead atoms. The third-order valence-electron chi connectivity index (χ3n) is 4.03. The smallest absolute Gasteiger partial charge is 0.236 e. The lowest BCUT2D eigenvalue weighted by Gasteiger charge is -2.12. The summed E-state index contributed by atoms with van der Waals surface area (Å²) in [5.41, 5.74) is 3.74. The zero-order chi connectivity index (χ0) is 19.2. The van der Waals surface area contributed by atoms with Crippen LogP contribution in [0.5, 0.6) is 0 Å². The molecule has 1 heterocycles. The summed E-state index contributed by atoms with van der Waals surface area (Å²) in [4.78, 5) is 16.5. The molecule has 0 aliphatic heterocycles. The summed E-state index contributed by atoms with van der Waals surface area (Å²) < 4.78 is 18.2. The van der Waals surface area contributed by atoms with Gasteiger partial charge in [0.2, 0.25) is 17.6 Å². The molecule has 0 aliphatic rings. The van der Waals surface area contributed by atoms with Gasteiger partial charge in [-0.25, -0.2) is 4.39 Å². The first-order chi connectivity index (χ1) is 13.1. The van der Waals surface area contributed by atoms with E-state index in [0.717, 1.165) is 23.2 Å². The van der Waals surface area contributed by atoms with E-state index in [0.29, 0.717) is 23.0 Å². The molecular weight excluding hydrogens is 365 g/mol. The number of aryl methyl sites for hydroxylation is 2. The zero-order valence-electron chi connectivity index (χ0n) is 15.2. The van der Waals surface area contributed by atoms with Gasteiger partial charge in [0, 0.05) is 11.3 Å². The van der Waals surface area contributed by atoms with Crippen molar-refractivity contribution >= 4 is 23.4 Å². The molecule has 0 aliphatic carbocycles. The highest BCUT2D eigenvalue weighted by Crippen LogP contribution is 2.22. The lowest BCUT2D eigenvalue weighted by atomic mass is 10.1. The Hall–Kier alpha value is -2.67. The van der Waals surface area contributed by atoms with E-state index in [-0.39, 0.29) is 17.5 Å². The number of nitrogens with zero attached hydrogens (tertiary/aromatic N) is 2. The maximum absolute atomic E-state index is 13.0. The molecule has 27 heavy (non-hydrogen) atoms. The van der Waals surface area contributed by atoms with Gasteiger partial charge in [-0.3, -0.25) is 4.79 Å². The van der Waals surface area contributed by atoms with Crippen LogP contribution in [0.25, 0.3) is 11.4 Å². The monoisotopic (exact) mass is 385 g/mol. The van der Waals surface area contributed by atoms with Crippen LogP contribution in [-0.2, 0) is 17.0 Å². The number of hydrogen-bond acceptors (Lipinski definition) is 5. The van der Waals surface area contributed by atoms with E-state index in [1.54, 1.807) is 12.1 Å². The lowest BCUT2D eigenvalue weighted by molar-refractivity contribution is -0.113. The van der Waals surface area contributed by atoms with Gasteiger partial charge in [0.05, 0.1) is 11.5 Å². The summed E-state index contributed by atoms with van der Waals surface area (Å²) >= 11 is 1.40. The van der Waals surface area contributed by atoms with Crippen LogP contribution < -0.4 is 5.32 Å². The minimum absolute atomic E-state index is 0.0673. The van der Waals surface area contributed by atoms with Crippen molar-refractivity contribution in [1.29, 1.82) is 0 Å². The van der Waals surface area contributed by atoms with Crippen molar-refractivity contribution in [2.45, 2.75) is 26.0 Å². The van der Waals surface area contributed by atoms with Crippen molar-refractivity contribution in [2.75, 3.05) is 11.1 Å². The molecule has 0 saturated heterocycles. The number of thioether (sulfide) groups is 1. The van der Waals surface area contributed by atoms with E-state index in [1.165, 1.54) is 23.9 Å². The van der Waals surface area contributed by atoms with Gasteiger partial charge in [-0.15, -0.1) is 11.8 Å². The van der Waals surface area contributed by atoms with Gasteiger partial charge in [-0.1, -0.05) is 30.3 Å². The molecule has 3 aromatic rings. The molecule has 0 saturated carbocycles. The number of benzene rings is 2. The number of rotatable bonds is 7. The Morgan fingerprint density at radius 1 is 1.22 bits per heavy atom. The quantitative estimate of drug-likeness (QED) is 0.643. The predicted octanol–water partition coefficient (Wildman–Crippen LogP) is 4.62. The summed E-state index contributed by atoms with van der Waals surface area (Å²) in [6.45, 7) is 4.05. The van der Waals surface area contributed by atoms with Crippen molar-refractivity contribution in [3.8, 4) is 11.4 Å². The van der Waals surface area contributed by atoms with Crippen LogP contribution in [0.3, 0.4) is 0 Å². The molecule has 1 N–H and O–H groups in total. The average molecular weight is 385 g/mol. The van der Waals surface area contributed by atoms with Crippen LogP contribution in [0.4, 0.5) is 10.1 Å². The van der Waals surface area contributed by atoms with Crippen LogP contribution in [0.2, 0.25) is 0 Å². The van der Waals surface area contributed by atoms with Crippen molar-refractivity contribution in [3.05, 3.63) is 65.3 Å². The van der Waals surface area contributed by atoms with E-state index in [9.17, 15) is 9.18 Å². The lowest BCUT2D eigenvalue weighted by Crippen LogP contribution is -2.16. The van der Waals surface area contributed by atoms with E-state index in [4.69, 9.17) is 4.52 Å². The summed E-state index contributed by atoms with van der Waals surface area (Å²) in [5, 5.41) is 6.88. The second-order valence-electron chi connectivity index (χ2n) is 6.02. The number of para-hydroxylation sites is 1. The third-order valence-corrected chi connectivity index (χ3v) is 4.95. The molecule has 7 heteroatoms. The average Bonchev–Trinajstić information content (AvgIpc) is 3.13. The SMILES string of the molecule is CCc1cccc(C)c1NC(=O)CSCc1nc(-c2ccc(F)cc2)no1. The third kappa shape index (κ3) is 4.95. The Balaban J connectivity index is 1.53. The highest BCUT2D eigenvalue weighted by Gasteiger charge is 2.12. The molecule has 1 amide bonds. The second kappa shape index (κ2) is 8.81. The van der Waals surface area contributed by atoms with Crippen molar-refractivity contribution < 1.29 is 13.7 Å². The maximum atomic E-state index is 13.0. The Labute approximate surface area is 161 Å². The Bertz CT molecular complexity index is 925. The fraction of sp³-hybridized carbons (Fsp3) is 0.250. The van der Waals surface area contributed by atoms with Crippen LogP contribution in [0, 0.1) is 12.7 Å². The van der Waals surface area contributed by atoms with E-state index >= 15 is 0 Å². The predicted molar refractivity (Wildman–Crippen MR) is 105 cm³/mol. The summed E-state index contributed by atoms with van der Waals surface area (Å²) in [5.74, 6) is 1.16. The molecule has 5 nitrogen and oxygen atoms in total. The van der Waals surface area contributed by atoms with Gasteiger partial charge >= 0.3 is 0 Å². The number of aromatic nitrogens is 2. The largest absolute Gasteiger partial charge is 0.338 e. The number of carbonyl (C=O) groups excluding carboxylic acids is 1. The van der Waals surface area contributed by atoms with Gasteiger partial charge < -0.3 is 9.84 Å². The standard InChI is InChI=1S/C20H20FN3O2S/c1-3-14-6-4-5-13(2)19(14)22-17(25)11-27-12-18-23-20(24-26-18)15-7-9-16(21)10-8-15/h4-10H,3,11-12H2,1-2H3,(H,22,25). The van der Waals surface area contributed by atoms with E-state index in [2.05, 4.69) is 22.4 Å². The van der Waals surface area contributed by atoms with Crippen molar-refractivity contribution in [3.63, 3.8) is 0 Å². The molecule has 2 aromatic carbocycles. The minimum Gasteiger partial charge on any atom is -0.338 e. The Morgan fingerprint density at radius 2 is 2.00 bits per heavy atom. The number of amides is 1. The molecule has 0 radical (unpaired) electrons. The molecule has 0 spiro atoms. The van der Waals surface area contributed by atoms with Gasteiger partial charge in [-0.05, 0) is 48.7 Å². The number of carbonyl (C=O) groups is 1. The van der Waals surface area contributed by atoms with Crippen molar-refractivity contribution in [1.82, 2.24) is 10.1 Å². The normalized spacial score (nSPS) is 10.8. The van der Waals surface area contributed by atoms with Gasteiger partial charge in [-0.2, -0.15) is 4.98 Å². The maximum Gasteiger partial charge on any atom is 0.236 e. The zero-order valence-corrected chi connectivity index (χ0v) is 16.0. The molecule has 140 valence electrons. The number of halogens is 1. The van der Waals surface area contributed by atoms with Crippen LogP contribution in [0.15, 0.2) is 47.0 Å². The van der Waals surface area contributed by atoms with Crippen LogP contribution in [-0.4, -0.2) is 21.8 Å². The molecule has 0 unspecified atom stereocenters. The van der Waals surface area contributed by atoms with Crippen molar-refractivity contribution in [2.24, 2.45) is 0 Å². The van der Waals surface area contributed by atoms with Gasteiger partial charge in [0.1, 0.15) is 5.82 Å². The number of anilines is 1. The number of nitrogens with one attached hydrogen (secondary N) is 1. The summed E-state index contributed by atoms with van der Waals surface area (Å²) in [7, 11) is 0. The highest BCUT2D eigenvalue weighted by molar-refractivity contribution is 7.99. The van der Waals surface area contributed by atoms with Crippen LogP contribution >= 0.6 is 11.8 Å². The molecule has 3 rings (SSSR count). The summed E-state index contributed by atoms with van der Waals surface area (Å²) in [6, 6.07) is 11.9. The van der Waals surface area contributed by atoms with E-state index in [1.807, 2.05) is 25.1 Å². The summed E-state index contributed by atoms with van der Waals surface area (Å²) in [6.07, 6.45) is 0.860. The van der Waals surface area contributed by atoms with E-state index < -0.39 is 0 Å².